The van der Waals surface area contributed by atoms with E-state index in [1.165, 1.54) is 0 Å². The molecule has 2 heterocycles. The van der Waals surface area contributed by atoms with Gasteiger partial charge in [-0.1, -0.05) is 19.9 Å². The molecule has 0 bridgehead atoms. The van der Waals surface area contributed by atoms with Gasteiger partial charge in [0.1, 0.15) is 5.65 Å². The number of anilines is 1. The van der Waals surface area contributed by atoms with Crippen molar-refractivity contribution in [3.8, 4) is 0 Å². The predicted octanol–water partition coefficient (Wildman–Crippen LogP) is 2.51. The first-order valence-corrected chi connectivity index (χ1v) is 7.09. The number of nitrogens with zero attached hydrogens (tertiary/aromatic N) is 2. The Labute approximate surface area is 123 Å². The first kappa shape index (κ1) is 15.3. The Hall–Kier alpha value is -2.08. The highest BCUT2D eigenvalue weighted by molar-refractivity contribution is 5.93. The van der Waals surface area contributed by atoms with E-state index in [-0.39, 0.29) is 11.7 Å². The van der Waals surface area contributed by atoms with Gasteiger partial charge in [-0.2, -0.15) is 0 Å². The molecule has 0 aliphatic heterocycles. The van der Waals surface area contributed by atoms with E-state index in [9.17, 15) is 9.90 Å². The number of hydrogen-bond donors (Lipinski definition) is 2. The Morgan fingerprint density at radius 2 is 2.24 bits per heavy atom. The summed E-state index contributed by atoms with van der Waals surface area (Å²) in [6, 6.07) is 5.40. The molecule has 6 nitrogen and oxygen atoms in total. The van der Waals surface area contributed by atoms with Crippen LogP contribution in [0.3, 0.4) is 0 Å². The number of ether oxygens (including phenoxy) is 1. The third-order valence-corrected chi connectivity index (χ3v) is 3.36. The smallest absolute Gasteiger partial charge is 0.356 e. The molecule has 1 atom stereocenters. The predicted molar refractivity (Wildman–Crippen MR) is 80.9 cm³/mol. The van der Waals surface area contributed by atoms with Crippen molar-refractivity contribution in [3.63, 3.8) is 0 Å². The average molecular weight is 291 g/mol. The third-order valence-electron chi connectivity index (χ3n) is 3.36. The number of imidazole rings is 1. The molecule has 0 saturated heterocycles. The summed E-state index contributed by atoms with van der Waals surface area (Å²) in [4.78, 5) is 15.9. The van der Waals surface area contributed by atoms with E-state index in [4.69, 9.17) is 4.74 Å². The van der Waals surface area contributed by atoms with Crippen molar-refractivity contribution in [1.29, 1.82) is 0 Å². The highest BCUT2D eigenvalue weighted by Crippen LogP contribution is 2.20. The SMILES string of the molecule is CCOCC(Nc1nc2ccccn2c1C(=O)O)C(C)C. The first-order chi connectivity index (χ1) is 10.0. The topological polar surface area (TPSA) is 75.9 Å². The Balaban J connectivity index is 2.36. The summed E-state index contributed by atoms with van der Waals surface area (Å²) in [6.07, 6.45) is 1.70. The van der Waals surface area contributed by atoms with Gasteiger partial charge in [-0.3, -0.25) is 4.40 Å². The molecule has 2 aromatic rings. The zero-order valence-electron chi connectivity index (χ0n) is 12.5. The van der Waals surface area contributed by atoms with Gasteiger partial charge in [0.25, 0.3) is 0 Å². The number of carbonyl (C=O) groups is 1. The van der Waals surface area contributed by atoms with Crippen molar-refractivity contribution in [2.75, 3.05) is 18.5 Å². The lowest BCUT2D eigenvalue weighted by Gasteiger charge is -2.22. The number of aromatic carboxylic acids is 1. The van der Waals surface area contributed by atoms with E-state index >= 15 is 0 Å². The maximum absolute atomic E-state index is 11.5. The summed E-state index contributed by atoms with van der Waals surface area (Å²) >= 11 is 0. The van der Waals surface area contributed by atoms with Crippen molar-refractivity contribution < 1.29 is 14.6 Å². The van der Waals surface area contributed by atoms with Crippen LogP contribution in [0.1, 0.15) is 31.3 Å². The average Bonchev–Trinajstić information content (AvgIpc) is 2.81. The summed E-state index contributed by atoms with van der Waals surface area (Å²) in [7, 11) is 0. The number of nitrogens with one attached hydrogen (secondary N) is 1. The zero-order chi connectivity index (χ0) is 15.4. The molecule has 6 heteroatoms. The fourth-order valence-electron chi connectivity index (χ4n) is 2.12. The second-order valence-electron chi connectivity index (χ2n) is 5.20. The van der Waals surface area contributed by atoms with Gasteiger partial charge >= 0.3 is 5.97 Å². The van der Waals surface area contributed by atoms with Crippen LogP contribution in [0.2, 0.25) is 0 Å². The Morgan fingerprint density at radius 3 is 2.86 bits per heavy atom. The molecule has 0 fully saturated rings. The highest BCUT2D eigenvalue weighted by atomic mass is 16.5. The minimum absolute atomic E-state index is 0.00737. The molecular weight excluding hydrogens is 270 g/mol. The number of carboxylic acids is 1. The monoisotopic (exact) mass is 291 g/mol. The van der Waals surface area contributed by atoms with Gasteiger partial charge < -0.3 is 15.2 Å². The van der Waals surface area contributed by atoms with Crippen LogP contribution in [0.25, 0.3) is 5.65 Å². The van der Waals surface area contributed by atoms with Crippen molar-refractivity contribution in [1.82, 2.24) is 9.38 Å². The summed E-state index contributed by atoms with van der Waals surface area (Å²) in [5.41, 5.74) is 0.754. The molecule has 0 radical (unpaired) electrons. The van der Waals surface area contributed by atoms with Gasteiger partial charge in [-0.25, -0.2) is 9.78 Å². The molecule has 114 valence electrons. The summed E-state index contributed by atoms with van der Waals surface area (Å²) in [5.74, 6) is -0.328. The van der Waals surface area contributed by atoms with E-state index in [1.54, 1.807) is 22.7 Å². The first-order valence-electron chi connectivity index (χ1n) is 7.09. The van der Waals surface area contributed by atoms with E-state index in [0.717, 1.165) is 0 Å². The summed E-state index contributed by atoms with van der Waals surface area (Å²) < 4.78 is 7.03. The molecule has 0 aliphatic rings. The van der Waals surface area contributed by atoms with Crippen molar-refractivity contribution in [3.05, 3.63) is 30.1 Å². The molecule has 0 aliphatic carbocycles. The van der Waals surface area contributed by atoms with Gasteiger partial charge in [-0.05, 0) is 25.0 Å². The molecule has 0 spiro atoms. The van der Waals surface area contributed by atoms with Crippen LogP contribution >= 0.6 is 0 Å². The number of rotatable bonds is 7. The normalized spacial score (nSPS) is 12.8. The molecular formula is C15H21N3O3. The minimum Gasteiger partial charge on any atom is -0.476 e. The van der Waals surface area contributed by atoms with Crippen LogP contribution in [0.15, 0.2) is 24.4 Å². The number of carboxylic acid groups (broad SMARTS) is 1. The number of pyridine rings is 1. The quantitative estimate of drug-likeness (QED) is 0.819. The van der Waals surface area contributed by atoms with Crippen LogP contribution in [-0.2, 0) is 4.74 Å². The molecule has 1 unspecified atom stereocenters. The van der Waals surface area contributed by atoms with Crippen LogP contribution in [0.4, 0.5) is 5.82 Å². The van der Waals surface area contributed by atoms with Crippen molar-refractivity contribution in [2.24, 2.45) is 5.92 Å². The van der Waals surface area contributed by atoms with E-state index in [1.807, 2.05) is 13.0 Å². The molecule has 0 aromatic carbocycles. The Morgan fingerprint density at radius 1 is 1.48 bits per heavy atom. The fraction of sp³-hybridized carbons (Fsp3) is 0.467. The largest absolute Gasteiger partial charge is 0.476 e. The van der Waals surface area contributed by atoms with Gasteiger partial charge in [0.05, 0.1) is 12.6 Å². The lowest BCUT2D eigenvalue weighted by molar-refractivity contribution is 0.0690. The lowest BCUT2D eigenvalue weighted by Crippen LogP contribution is -2.31. The zero-order valence-corrected chi connectivity index (χ0v) is 12.5. The minimum atomic E-state index is -1.00. The van der Waals surface area contributed by atoms with E-state index < -0.39 is 5.97 Å². The number of hydrogen-bond acceptors (Lipinski definition) is 4. The Kier molecular flexibility index (Phi) is 4.80. The highest BCUT2D eigenvalue weighted by Gasteiger charge is 2.22. The van der Waals surface area contributed by atoms with Crippen molar-refractivity contribution >= 4 is 17.4 Å². The van der Waals surface area contributed by atoms with Gasteiger partial charge in [0, 0.05) is 12.8 Å². The van der Waals surface area contributed by atoms with Gasteiger partial charge in [0.2, 0.25) is 0 Å². The van der Waals surface area contributed by atoms with Gasteiger partial charge in [0.15, 0.2) is 11.5 Å². The summed E-state index contributed by atoms with van der Waals surface area (Å²) in [6.45, 7) is 7.20. The Bertz CT molecular complexity index is 622. The third kappa shape index (κ3) is 3.33. The number of fused-ring (bicyclic) bond motifs is 1. The molecule has 0 amide bonds. The van der Waals surface area contributed by atoms with Crippen LogP contribution < -0.4 is 5.32 Å². The van der Waals surface area contributed by atoms with Crippen LogP contribution in [0.5, 0.6) is 0 Å². The number of aromatic nitrogens is 2. The second kappa shape index (κ2) is 6.58. The molecule has 2 N–H and O–H groups in total. The molecule has 2 aromatic heterocycles. The van der Waals surface area contributed by atoms with Gasteiger partial charge in [-0.15, -0.1) is 0 Å². The summed E-state index contributed by atoms with van der Waals surface area (Å²) in [5, 5.41) is 12.7. The maximum atomic E-state index is 11.5. The fourth-order valence-corrected chi connectivity index (χ4v) is 2.12. The lowest BCUT2D eigenvalue weighted by atomic mass is 10.1. The standard InChI is InChI=1S/C15H21N3O3/c1-4-21-9-11(10(2)3)16-14-13(15(19)20)18-8-6-5-7-12(18)17-14/h5-8,10-11,16H,4,9H2,1-3H3,(H,19,20). The van der Waals surface area contributed by atoms with E-state index in [0.29, 0.717) is 30.6 Å². The van der Waals surface area contributed by atoms with E-state index in [2.05, 4.69) is 24.1 Å². The van der Waals surface area contributed by atoms with Crippen LogP contribution in [0, 0.1) is 5.92 Å². The second-order valence-corrected chi connectivity index (χ2v) is 5.20. The molecule has 0 saturated carbocycles. The maximum Gasteiger partial charge on any atom is 0.356 e. The molecule has 21 heavy (non-hydrogen) atoms. The van der Waals surface area contributed by atoms with Crippen molar-refractivity contribution in [2.45, 2.75) is 26.8 Å². The molecule has 2 rings (SSSR count). The van der Waals surface area contributed by atoms with Crippen LogP contribution in [-0.4, -0.2) is 39.7 Å².